The van der Waals surface area contributed by atoms with Crippen LogP contribution >= 0.6 is 0 Å². The zero-order valence-corrected chi connectivity index (χ0v) is 16.6. The molecular weight excluding hydrogens is 378 g/mol. The number of hydrogen-bond acceptors (Lipinski definition) is 7. The van der Waals surface area contributed by atoms with Gasteiger partial charge < -0.3 is 11.1 Å². The van der Waals surface area contributed by atoms with Gasteiger partial charge in [-0.25, -0.2) is 9.97 Å². The average Bonchev–Trinajstić information content (AvgIpc) is 2.75. The molecule has 0 aliphatic rings. The zero-order chi connectivity index (χ0) is 21.1. The van der Waals surface area contributed by atoms with Crippen molar-refractivity contribution in [3.63, 3.8) is 0 Å². The number of nitrogens with zero attached hydrogens (tertiary/aromatic N) is 3. The van der Waals surface area contributed by atoms with Crippen molar-refractivity contribution in [2.75, 3.05) is 16.5 Å². The first-order valence-electron chi connectivity index (χ1n) is 9.38. The fourth-order valence-electron chi connectivity index (χ4n) is 2.96. The second-order valence-corrected chi connectivity index (χ2v) is 6.88. The van der Waals surface area contributed by atoms with Gasteiger partial charge in [-0.15, -0.1) is 0 Å². The molecule has 0 saturated heterocycles. The van der Waals surface area contributed by atoms with Crippen LogP contribution in [-0.2, 0) is 0 Å². The summed E-state index contributed by atoms with van der Waals surface area (Å²) in [6.45, 7) is 3.90. The molecular formula is C22H21N7O. The summed E-state index contributed by atoms with van der Waals surface area (Å²) in [5, 5.41) is 4.22. The first kappa shape index (κ1) is 19.1. The van der Waals surface area contributed by atoms with E-state index in [4.69, 9.17) is 5.73 Å². The van der Waals surface area contributed by atoms with Crippen molar-refractivity contribution in [1.82, 2.24) is 20.4 Å². The van der Waals surface area contributed by atoms with Gasteiger partial charge in [0.25, 0.3) is 5.91 Å². The molecule has 0 unspecified atom stereocenters. The number of rotatable bonds is 5. The third kappa shape index (κ3) is 3.97. The van der Waals surface area contributed by atoms with Gasteiger partial charge in [0.2, 0.25) is 0 Å². The van der Waals surface area contributed by atoms with Gasteiger partial charge in [-0.3, -0.25) is 20.6 Å². The summed E-state index contributed by atoms with van der Waals surface area (Å²) < 4.78 is 0. The van der Waals surface area contributed by atoms with Crippen molar-refractivity contribution in [1.29, 1.82) is 0 Å². The Hall–Kier alpha value is -4.20. The quantitative estimate of drug-likeness (QED) is 0.378. The number of nitrogens with one attached hydrogen (secondary N) is 3. The van der Waals surface area contributed by atoms with Gasteiger partial charge in [0.15, 0.2) is 11.6 Å². The second-order valence-electron chi connectivity index (χ2n) is 6.88. The lowest BCUT2D eigenvalue weighted by atomic mass is 10.1. The van der Waals surface area contributed by atoms with Crippen LogP contribution in [0.5, 0.6) is 0 Å². The molecule has 1 amide bonds. The third-order valence-electron chi connectivity index (χ3n) is 4.60. The van der Waals surface area contributed by atoms with Crippen LogP contribution in [0.4, 0.5) is 23.0 Å². The first-order chi connectivity index (χ1) is 14.5. The smallest absolute Gasteiger partial charge is 0.269 e. The van der Waals surface area contributed by atoms with Crippen molar-refractivity contribution in [2.45, 2.75) is 13.8 Å². The number of hydrazine groups is 1. The minimum absolute atomic E-state index is 0.270. The Labute approximate surface area is 173 Å². The SMILES string of the molecule is Cc1ccc(C(=O)NNc2ncnc(Nc3cccc4ccc(C)nc34)c2N)cc1. The van der Waals surface area contributed by atoms with Crippen LogP contribution in [0.2, 0.25) is 0 Å². The molecule has 5 N–H and O–H groups in total. The zero-order valence-electron chi connectivity index (χ0n) is 16.6. The summed E-state index contributed by atoms with van der Waals surface area (Å²) in [6, 6.07) is 17.0. The van der Waals surface area contributed by atoms with Gasteiger partial charge in [0.05, 0.1) is 11.2 Å². The molecule has 4 aromatic rings. The molecule has 2 heterocycles. The number of para-hydroxylation sites is 1. The molecule has 0 aliphatic heterocycles. The second kappa shape index (κ2) is 8.04. The van der Waals surface area contributed by atoms with E-state index in [2.05, 4.69) is 31.1 Å². The number of fused-ring (bicyclic) bond motifs is 1. The molecule has 2 aromatic carbocycles. The Bertz CT molecular complexity index is 1220. The Morgan fingerprint density at radius 2 is 1.70 bits per heavy atom. The van der Waals surface area contributed by atoms with Crippen molar-refractivity contribution in [2.24, 2.45) is 0 Å². The van der Waals surface area contributed by atoms with E-state index in [1.165, 1.54) is 6.33 Å². The Balaban J connectivity index is 1.54. The number of nitrogen functional groups attached to an aromatic ring is 1. The number of amides is 1. The van der Waals surface area contributed by atoms with E-state index in [1.54, 1.807) is 12.1 Å². The van der Waals surface area contributed by atoms with Crippen molar-refractivity contribution >= 4 is 39.8 Å². The van der Waals surface area contributed by atoms with Crippen LogP contribution in [0.3, 0.4) is 0 Å². The molecule has 0 spiro atoms. The van der Waals surface area contributed by atoms with Gasteiger partial charge in [-0.2, -0.15) is 0 Å². The van der Waals surface area contributed by atoms with Gasteiger partial charge in [-0.05, 0) is 38.1 Å². The monoisotopic (exact) mass is 399 g/mol. The van der Waals surface area contributed by atoms with Crippen molar-refractivity contribution < 1.29 is 4.79 Å². The number of carbonyl (C=O) groups is 1. The fourth-order valence-corrected chi connectivity index (χ4v) is 2.96. The largest absolute Gasteiger partial charge is 0.393 e. The highest BCUT2D eigenvalue weighted by Crippen LogP contribution is 2.29. The number of aromatic nitrogens is 3. The summed E-state index contributed by atoms with van der Waals surface area (Å²) >= 11 is 0. The number of aryl methyl sites for hydroxylation is 2. The topological polar surface area (TPSA) is 118 Å². The van der Waals surface area contributed by atoms with Gasteiger partial charge in [0, 0.05) is 16.6 Å². The molecule has 0 saturated carbocycles. The minimum atomic E-state index is -0.295. The molecule has 0 aliphatic carbocycles. The fraction of sp³-hybridized carbons (Fsp3) is 0.0909. The van der Waals surface area contributed by atoms with Gasteiger partial charge >= 0.3 is 0 Å². The molecule has 150 valence electrons. The predicted molar refractivity (Wildman–Crippen MR) is 118 cm³/mol. The van der Waals surface area contributed by atoms with Gasteiger partial charge in [-0.1, -0.05) is 35.9 Å². The highest BCUT2D eigenvalue weighted by molar-refractivity contribution is 5.96. The standard InChI is InChI=1S/C22H21N7O/c1-13-6-9-16(10-7-13)22(30)29-28-21-18(23)20(24-12-25-21)27-17-5-3-4-15-11-8-14(2)26-19(15)17/h3-12H,23H2,1-2H3,(H,29,30)(H2,24,25,27,28). The normalized spacial score (nSPS) is 10.6. The highest BCUT2D eigenvalue weighted by atomic mass is 16.2. The summed E-state index contributed by atoms with van der Waals surface area (Å²) in [6.07, 6.45) is 1.36. The van der Waals surface area contributed by atoms with Crippen LogP contribution in [0.15, 0.2) is 60.9 Å². The molecule has 4 rings (SSSR count). The van der Waals surface area contributed by atoms with Crippen LogP contribution in [0.1, 0.15) is 21.6 Å². The molecule has 2 aromatic heterocycles. The van der Waals surface area contributed by atoms with Crippen LogP contribution in [0.25, 0.3) is 10.9 Å². The maximum atomic E-state index is 12.3. The summed E-state index contributed by atoms with van der Waals surface area (Å²) in [5.74, 6) is 0.404. The van der Waals surface area contributed by atoms with E-state index in [0.29, 0.717) is 11.4 Å². The average molecular weight is 399 g/mol. The lowest BCUT2D eigenvalue weighted by molar-refractivity contribution is 0.0962. The lowest BCUT2D eigenvalue weighted by Gasteiger charge is -2.14. The number of benzene rings is 2. The van der Waals surface area contributed by atoms with Crippen molar-refractivity contribution in [3.05, 3.63) is 77.7 Å². The van der Waals surface area contributed by atoms with E-state index in [0.717, 1.165) is 27.8 Å². The highest BCUT2D eigenvalue weighted by Gasteiger charge is 2.12. The van der Waals surface area contributed by atoms with Crippen LogP contribution < -0.4 is 21.9 Å². The van der Waals surface area contributed by atoms with Gasteiger partial charge in [0.1, 0.15) is 12.0 Å². The lowest BCUT2D eigenvalue weighted by Crippen LogP contribution is -2.30. The van der Waals surface area contributed by atoms with E-state index in [-0.39, 0.29) is 17.4 Å². The summed E-state index contributed by atoms with van der Waals surface area (Å²) in [7, 11) is 0. The van der Waals surface area contributed by atoms with E-state index >= 15 is 0 Å². The molecule has 0 fully saturated rings. The Kier molecular flexibility index (Phi) is 5.13. The maximum Gasteiger partial charge on any atom is 0.269 e. The van der Waals surface area contributed by atoms with Crippen LogP contribution in [0, 0.1) is 13.8 Å². The molecule has 8 heteroatoms. The molecule has 0 bridgehead atoms. The van der Waals surface area contributed by atoms with E-state index in [9.17, 15) is 4.79 Å². The molecule has 30 heavy (non-hydrogen) atoms. The first-order valence-corrected chi connectivity index (χ1v) is 9.38. The number of hydrogen-bond donors (Lipinski definition) is 4. The van der Waals surface area contributed by atoms with E-state index in [1.807, 2.05) is 56.3 Å². The Morgan fingerprint density at radius 1 is 0.933 bits per heavy atom. The number of carbonyl (C=O) groups excluding carboxylic acids is 1. The minimum Gasteiger partial charge on any atom is -0.393 e. The van der Waals surface area contributed by atoms with Crippen molar-refractivity contribution in [3.8, 4) is 0 Å². The summed E-state index contributed by atoms with van der Waals surface area (Å²) in [4.78, 5) is 25.3. The number of anilines is 4. The molecule has 0 radical (unpaired) electrons. The third-order valence-corrected chi connectivity index (χ3v) is 4.60. The van der Waals surface area contributed by atoms with Crippen LogP contribution in [-0.4, -0.2) is 20.9 Å². The number of pyridine rings is 1. The predicted octanol–water partition coefficient (Wildman–Crippen LogP) is 3.72. The molecule has 0 atom stereocenters. The summed E-state index contributed by atoms with van der Waals surface area (Å²) in [5.41, 5.74) is 16.0. The number of nitrogens with two attached hydrogens (primary N) is 1. The molecule has 8 nitrogen and oxygen atoms in total. The Morgan fingerprint density at radius 3 is 2.50 bits per heavy atom. The van der Waals surface area contributed by atoms with E-state index < -0.39 is 0 Å². The maximum absolute atomic E-state index is 12.3.